The van der Waals surface area contributed by atoms with Crippen molar-refractivity contribution in [2.75, 3.05) is 7.11 Å². The molecule has 0 aliphatic rings. The third-order valence-corrected chi connectivity index (χ3v) is 7.19. The van der Waals surface area contributed by atoms with Gasteiger partial charge < -0.3 is 23.9 Å². The number of hydrogen-bond donors (Lipinski definition) is 1. The van der Waals surface area contributed by atoms with Gasteiger partial charge in [-0.3, -0.25) is 0 Å². The second-order valence-electron chi connectivity index (χ2n) is 10.5. The molecule has 0 fully saturated rings. The Balaban J connectivity index is 1.44. The molecule has 0 aliphatic heterocycles. The number of alkyl carbamates (subject to hydrolysis) is 1. The van der Waals surface area contributed by atoms with Gasteiger partial charge in [-0.25, -0.2) is 14.0 Å². The predicted molar refractivity (Wildman–Crippen MR) is 160 cm³/mol. The minimum absolute atomic E-state index is 0.218. The van der Waals surface area contributed by atoms with Gasteiger partial charge in [-0.1, -0.05) is 30.3 Å². The summed E-state index contributed by atoms with van der Waals surface area (Å²) in [5, 5.41) is 2.58. The molecule has 0 radical (unpaired) electrons. The van der Waals surface area contributed by atoms with Crippen molar-refractivity contribution in [3.05, 3.63) is 108 Å². The number of halogens is 1. The summed E-state index contributed by atoms with van der Waals surface area (Å²) in [6.07, 6.45) is 1.20. The highest BCUT2D eigenvalue weighted by Crippen LogP contribution is 2.34. The number of ether oxygens (including phenoxy) is 3. The zero-order valence-corrected chi connectivity index (χ0v) is 24.8. The Hall–Kier alpha value is -4.24. The second kappa shape index (κ2) is 14.1. The predicted octanol–water partition coefficient (Wildman–Crippen LogP) is 7.57. The van der Waals surface area contributed by atoms with Crippen LogP contribution in [0.5, 0.6) is 5.75 Å². The lowest BCUT2D eigenvalue weighted by Crippen LogP contribution is -2.45. The van der Waals surface area contributed by atoms with E-state index in [9.17, 15) is 14.0 Å². The molecule has 3 aromatic carbocycles. The molecule has 0 saturated carbocycles. The highest BCUT2D eigenvalue weighted by molar-refractivity contribution is 7.98. The third-order valence-electron chi connectivity index (χ3n) is 6.15. The molecule has 4 rings (SSSR count). The number of carbonyl (C=O) groups is 2. The maximum Gasteiger partial charge on any atom is 0.408 e. The summed E-state index contributed by atoms with van der Waals surface area (Å²) in [4.78, 5) is 25.6. The number of nitrogens with one attached hydrogen (secondary N) is 1. The highest BCUT2D eigenvalue weighted by Gasteiger charge is 2.25. The molecule has 220 valence electrons. The molecule has 42 heavy (non-hydrogen) atoms. The minimum Gasteiger partial charge on any atom is -0.489 e. The first-order valence-corrected chi connectivity index (χ1v) is 14.4. The lowest BCUT2D eigenvalue weighted by Gasteiger charge is -2.22. The zero-order chi connectivity index (χ0) is 30.1. The monoisotopic (exact) mass is 591 g/mol. The van der Waals surface area contributed by atoms with Crippen molar-refractivity contribution in [1.29, 1.82) is 0 Å². The summed E-state index contributed by atoms with van der Waals surface area (Å²) in [6, 6.07) is 22.6. The number of amides is 1. The number of rotatable bonds is 11. The van der Waals surface area contributed by atoms with Gasteiger partial charge >= 0.3 is 12.1 Å². The van der Waals surface area contributed by atoms with Crippen LogP contribution in [-0.2, 0) is 33.0 Å². The fourth-order valence-corrected chi connectivity index (χ4v) is 5.09. The van der Waals surface area contributed by atoms with Crippen LogP contribution in [-0.4, -0.2) is 30.8 Å². The summed E-state index contributed by atoms with van der Waals surface area (Å²) in [6.45, 7) is 5.50. The maximum atomic E-state index is 13.6. The molecular weight excluding hydrogens is 557 g/mol. The first-order valence-electron chi connectivity index (χ1n) is 13.4. The lowest BCUT2D eigenvalue weighted by atomic mass is 10.1. The van der Waals surface area contributed by atoms with Crippen LogP contribution in [0.4, 0.5) is 9.18 Å². The largest absolute Gasteiger partial charge is 0.489 e. The molecule has 1 atom stereocenters. The topological polar surface area (TPSA) is 87.0 Å². The van der Waals surface area contributed by atoms with Crippen LogP contribution >= 0.6 is 11.8 Å². The molecule has 4 aromatic rings. The van der Waals surface area contributed by atoms with Crippen LogP contribution in [0.3, 0.4) is 0 Å². The van der Waals surface area contributed by atoms with Crippen molar-refractivity contribution in [2.45, 2.75) is 56.1 Å². The first kappa shape index (κ1) is 30.7. The zero-order valence-electron chi connectivity index (χ0n) is 24.0. The van der Waals surface area contributed by atoms with Crippen molar-refractivity contribution in [1.82, 2.24) is 5.32 Å². The van der Waals surface area contributed by atoms with Crippen molar-refractivity contribution in [3.8, 4) is 17.1 Å². The van der Waals surface area contributed by atoms with Crippen LogP contribution in [0, 0.1) is 5.82 Å². The van der Waals surface area contributed by atoms with Gasteiger partial charge in [0.15, 0.2) is 0 Å². The lowest BCUT2D eigenvalue weighted by molar-refractivity contribution is -0.143. The molecule has 0 unspecified atom stereocenters. The Bertz CT molecular complexity index is 1460. The number of hydrogen-bond acceptors (Lipinski definition) is 7. The van der Waals surface area contributed by atoms with Gasteiger partial charge in [0.25, 0.3) is 0 Å². The fourth-order valence-electron chi connectivity index (χ4n) is 4.12. The third kappa shape index (κ3) is 8.88. The Labute approximate surface area is 249 Å². The van der Waals surface area contributed by atoms with Crippen LogP contribution in [0.25, 0.3) is 11.3 Å². The standard InChI is InChI=1S/C33H34FNO6S/c1-33(2,3)41-32(37)35-29(31(36)38-4)18-22-10-16-26(17-11-22)39-19-24-20-40-30(23-12-14-25(34)15-13-23)28(24)21-42-27-8-6-5-7-9-27/h5-17,20,29H,18-19,21H2,1-4H3,(H,35,37)/t29-/m0/s1. The van der Waals surface area contributed by atoms with Gasteiger partial charge in [0, 0.05) is 33.8 Å². The highest BCUT2D eigenvalue weighted by atomic mass is 32.2. The molecule has 0 saturated heterocycles. The molecular formula is C33H34FNO6S. The number of esters is 1. The van der Waals surface area contributed by atoms with Gasteiger partial charge in [0.05, 0.1) is 13.4 Å². The van der Waals surface area contributed by atoms with E-state index < -0.39 is 23.7 Å². The van der Waals surface area contributed by atoms with Gasteiger partial charge in [0.1, 0.15) is 35.6 Å². The number of furan rings is 1. The summed E-state index contributed by atoms with van der Waals surface area (Å²) in [5.41, 5.74) is 2.75. The number of carbonyl (C=O) groups excluding carboxylic acids is 2. The minimum atomic E-state index is -0.905. The molecule has 1 aromatic heterocycles. The fraction of sp³-hybridized carbons (Fsp3) is 0.273. The summed E-state index contributed by atoms with van der Waals surface area (Å²) < 4.78 is 35.7. The van der Waals surface area contributed by atoms with Crippen molar-refractivity contribution < 1.29 is 32.6 Å². The van der Waals surface area contributed by atoms with Crippen molar-refractivity contribution in [2.24, 2.45) is 0 Å². The average Bonchev–Trinajstić information content (AvgIpc) is 3.37. The number of methoxy groups -OCH3 is 1. The summed E-state index contributed by atoms with van der Waals surface area (Å²) >= 11 is 1.68. The van der Waals surface area contributed by atoms with Crippen LogP contribution in [0.1, 0.15) is 37.5 Å². The van der Waals surface area contributed by atoms with Crippen LogP contribution in [0.15, 0.2) is 94.4 Å². The smallest absolute Gasteiger partial charge is 0.408 e. The normalized spacial score (nSPS) is 11.9. The maximum absolute atomic E-state index is 13.6. The number of thioether (sulfide) groups is 1. The van der Waals surface area contributed by atoms with E-state index in [1.807, 2.05) is 42.5 Å². The van der Waals surface area contributed by atoms with E-state index in [4.69, 9.17) is 18.6 Å². The van der Waals surface area contributed by atoms with Crippen LogP contribution in [0.2, 0.25) is 0 Å². The van der Waals surface area contributed by atoms with Crippen molar-refractivity contribution >= 4 is 23.8 Å². The molecule has 0 bridgehead atoms. The van der Waals surface area contributed by atoms with Gasteiger partial charge in [-0.05, 0) is 74.9 Å². The Kier molecular flexibility index (Phi) is 10.3. The van der Waals surface area contributed by atoms with E-state index in [0.717, 1.165) is 27.1 Å². The van der Waals surface area contributed by atoms with Gasteiger partial charge in [-0.2, -0.15) is 0 Å². The van der Waals surface area contributed by atoms with Crippen LogP contribution < -0.4 is 10.1 Å². The molecule has 1 heterocycles. The molecule has 9 heteroatoms. The second-order valence-corrected chi connectivity index (χ2v) is 11.6. The van der Waals surface area contributed by atoms with E-state index in [1.165, 1.54) is 19.2 Å². The molecule has 0 spiro atoms. The molecule has 1 amide bonds. The Morgan fingerprint density at radius 1 is 0.976 bits per heavy atom. The molecule has 0 aliphatic carbocycles. The van der Waals surface area contributed by atoms with E-state index in [-0.39, 0.29) is 18.8 Å². The van der Waals surface area contributed by atoms with Gasteiger partial charge in [0.2, 0.25) is 0 Å². The molecule has 7 nitrogen and oxygen atoms in total. The quantitative estimate of drug-likeness (QED) is 0.142. The summed E-state index contributed by atoms with van der Waals surface area (Å²) in [7, 11) is 1.27. The average molecular weight is 592 g/mol. The van der Waals surface area contributed by atoms with Gasteiger partial charge in [-0.15, -0.1) is 11.8 Å². The van der Waals surface area contributed by atoms with E-state index >= 15 is 0 Å². The van der Waals surface area contributed by atoms with E-state index in [0.29, 0.717) is 17.3 Å². The SMILES string of the molecule is COC(=O)[C@H](Cc1ccc(OCc2coc(-c3ccc(F)cc3)c2CSc2ccccc2)cc1)NC(=O)OC(C)(C)C. The molecule has 1 N–H and O–H groups in total. The summed E-state index contributed by atoms with van der Waals surface area (Å²) in [5.74, 6) is 1.07. The van der Waals surface area contributed by atoms with E-state index in [1.54, 1.807) is 63.1 Å². The Morgan fingerprint density at radius 2 is 1.67 bits per heavy atom. The first-order chi connectivity index (χ1) is 20.1. The van der Waals surface area contributed by atoms with E-state index in [2.05, 4.69) is 5.32 Å². The Morgan fingerprint density at radius 3 is 2.31 bits per heavy atom. The number of benzene rings is 3. The van der Waals surface area contributed by atoms with Crippen molar-refractivity contribution in [3.63, 3.8) is 0 Å².